The smallest absolute Gasteiger partial charge is 0.348 e. The lowest BCUT2D eigenvalue weighted by atomic mass is 10.3. The van der Waals surface area contributed by atoms with Crippen LogP contribution >= 0.6 is 11.3 Å². The Balaban J connectivity index is 1.87. The normalized spacial score (nSPS) is 10.2. The van der Waals surface area contributed by atoms with Gasteiger partial charge in [0.1, 0.15) is 4.88 Å². The largest absolute Gasteiger partial charge is 0.451 e. The maximum absolute atomic E-state index is 13.0. The molecule has 1 amide bonds. The number of amides is 1. The molecule has 0 spiro atoms. The molecule has 21 heavy (non-hydrogen) atoms. The Morgan fingerprint density at radius 2 is 1.95 bits per heavy atom. The first-order chi connectivity index (χ1) is 9.95. The molecule has 0 fully saturated rings. The van der Waals surface area contributed by atoms with Gasteiger partial charge in [0.25, 0.3) is 5.91 Å². The van der Waals surface area contributed by atoms with Gasteiger partial charge in [-0.1, -0.05) is 0 Å². The van der Waals surface area contributed by atoms with Crippen LogP contribution in [-0.2, 0) is 9.53 Å². The molecule has 2 rings (SSSR count). The van der Waals surface area contributed by atoms with Gasteiger partial charge in [0.2, 0.25) is 0 Å². The summed E-state index contributed by atoms with van der Waals surface area (Å²) < 4.78 is 30.5. The minimum atomic E-state index is -1.07. The van der Waals surface area contributed by atoms with Gasteiger partial charge in [-0.3, -0.25) is 4.79 Å². The topological polar surface area (TPSA) is 55.4 Å². The first-order valence-electron chi connectivity index (χ1n) is 5.94. The number of carbonyl (C=O) groups is 2. The molecule has 4 nitrogen and oxygen atoms in total. The SMILES string of the molecule is Cc1ccc(C(=O)OCC(=O)Nc2ccc(F)c(F)c2)s1. The molecule has 1 aromatic heterocycles. The maximum atomic E-state index is 13.0. The third-order valence-electron chi connectivity index (χ3n) is 2.48. The van der Waals surface area contributed by atoms with Gasteiger partial charge in [-0.25, -0.2) is 13.6 Å². The summed E-state index contributed by atoms with van der Waals surface area (Å²) in [5, 5.41) is 2.30. The monoisotopic (exact) mass is 311 g/mol. The number of hydrogen-bond donors (Lipinski definition) is 1. The molecule has 0 atom stereocenters. The molecule has 0 saturated carbocycles. The van der Waals surface area contributed by atoms with Gasteiger partial charge in [0.05, 0.1) is 0 Å². The Labute approximate surface area is 123 Å². The molecule has 1 aromatic carbocycles. The zero-order chi connectivity index (χ0) is 15.4. The van der Waals surface area contributed by atoms with Crippen molar-refractivity contribution in [2.45, 2.75) is 6.92 Å². The van der Waals surface area contributed by atoms with Crippen LogP contribution in [-0.4, -0.2) is 18.5 Å². The van der Waals surface area contributed by atoms with Crippen LogP contribution in [0.25, 0.3) is 0 Å². The Morgan fingerprint density at radius 3 is 2.57 bits per heavy atom. The van der Waals surface area contributed by atoms with Gasteiger partial charge in [0, 0.05) is 16.6 Å². The molecule has 0 bridgehead atoms. The number of carbonyl (C=O) groups excluding carboxylic acids is 2. The third kappa shape index (κ3) is 4.09. The van der Waals surface area contributed by atoms with Crippen molar-refractivity contribution in [2.75, 3.05) is 11.9 Å². The van der Waals surface area contributed by atoms with Gasteiger partial charge in [-0.2, -0.15) is 0 Å². The second kappa shape index (κ2) is 6.45. The number of nitrogens with one attached hydrogen (secondary N) is 1. The van der Waals surface area contributed by atoms with Crippen LogP contribution in [0.4, 0.5) is 14.5 Å². The van der Waals surface area contributed by atoms with Crippen LogP contribution in [0.15, 0.2) is 30.3 Å². The zero-order valence-electron chi connectivity index (χ0n) is 11.0. The van der Waals surface area contributed by atoms with Gasteiger partial charge in [-0.05, 0) is 31.2 Å². The first kappa shape index (κ1) is 15.1. The summed E-state index contributed by atoms with van der Waals surface area (Å²) in [5.74, 6) is -3.32. The summed E-state index contributed by atoms with van der Waals surface area (Å²) in [7, 11) is 0. The summed E-state index contributed by atoms with van der Waals surface area (Å²) in [6.07, 6.45) is 0. The van der Waals surface area contributed by atoms with Crippen molar-refractivity contribution < 1.29 is 23.1 Å². The highest BCUT2D eigenvalue weighted by Crippen LogP contribution is 2.16. The number of anilines is 1. The molecule has 110 valence electrons. The minimum Gasteiger partial charge on any atom is -0.451 e. The third-order valence-corrected chi connectivity index (χ3v) is 3.46. The van der Waals surface area contributed by atoms with E-state index in [0.29, 0.717) is 4.88 Å². The fourth-order valence-electron chi connectivity index (χ4n) is 1.52. The number of aryl methyl sites for hydroxylation is 1. The summed E-state index contributed by atoms with van der Waals surface area (Å²) in [6.45, 7) is 1.34. The van der Waals surface area contributed by atoms with Crippen molar-refractivity contribution in [3.05, 3.63) is 51.7 Å². The van der Waals surface area contributed by atoms with Crippen LogP contribution in [0.1, 0.15) is 14.5 Å². The predicted molar refractivity (Wildman–Crippen MR) is 74.3 cm³/mol. The van der Waals surface area contributed by atoms with Crippen LogP contribution in [0.2, 0.25) is 0 Å². The van der Waals surface area contributed by atoms with Crippen LogP contribution in [0.3, 0.4) is 0 Å². The van der Waals surface area contributed by atoms with Gasteiger partial charge >= 0.3 is 5.97 Å². The quantitative estimate of drug-likeness (QED) is 0.883. The van der Waals surface area contributed by atoms with Crippen LogP contribution in [0.5, 0.6) is 0 Å². The van der Waals surface area contributed by atoms with Gasteiger partial charge in [-0.15, -0.1) is 11.3 Å². The second-order valence-corrected chi connectivity index (χ2v) is 5.45. The molecule has 1 heterocycles. The average Bonchev–Trinajstić information content (AvgIpc) is 2.87. The number of hydrogen-bond acceptors (Lipinski definition) is 4. The van der Waals surface area contributed by atoms with E-state index in [1.165, 1.54) is 17.4 Å². The Kier molecular flexibility index (Phi) is 4.64. The van der Waals surface area contributed by atoms with E-state index < -0.39 is 30.1 Å². The van der Waals surface area contributed by atoms with Crippen LogP contribution in [0, 0.1) is 18.6 Å². The molecule has 0 aliphatic carbocycles. The highest BCUT2D eigenvalue weighted by Gasteiger charge is 2.12. The van der Waals surface area contributed by atoms with Crippen molar-refractivity contribution in [1.82, 2.24) is 0 Å². The number of rotatable bonds is 4. The standard InChI is InChI=1S/C14H11F2NO3S/c1-8-2-5-12(21-8)14(19)20-7-13(18)17-9-3-4-10(15)11(16)6-9/h2-6H,7H2,1H3,(H,17,18). The lowest BCUT2D eigenvalue weighted by molar-refractivity contribution is -0.119. The first-order valence-corrected chi connectivity index (χ1v) is 6.76. The average molecular weight is 311 g/mol. The molecular weight excluding hydrogens is 300 g/mol. The van der Waals surface area contributed by atoms with E-state index >= 15 is 0 Å². The van der Waals surface area contributed by atoms with Crippen molar-refractivity contribution in [3.8, 4) is 0 Å². The van der Waals surface area contributed by atoms with E-state index in [1.54, 1.807) is 12.1 Å². The molecule has 0 radical (unpaired) electrons. The fourth-order valence-corrected chi connectivity index (χ4v) is 2.28. The maximum Gasteiger partial charge on any atom is 0.348 e. The van der Waals surface area contributed by atoms with Crippen molar-refractivity contribution in [3.63, 3.8) is 0 Å². The molecule has 7 heteroatoms. The molecule has 2 aromatic rings. The minimum absolute atomic E-state index is 0.0851. The van der Waals surface area contributed by atoms with E-state index in [4.69, 9.17) is 4.74 Å². The summed E-state index contributed by atoms with van der Waals surface area (Å²) in [4.78, 5) is 24.5. The molecule has 0 aliphatic rings. The number of thiophene rings is 1. The molecule has 0 saturated heterocycles. The lowest BCUT2D eigenvalue weighted by Gasteiger charge is -2.06. The number of esters is 1. The summed E-state index contributed by atoms with van der Waals surface area (Å²) in [6, 6.07) is 6.32. The van der Waals surface area contributed by atoms with E-state index in [2.05, 4.69) is 5.32 Å². The molecule has 0 unspecified atom stereocenters. The van der Waals surface area contributed by atoms with Gasteiger partial charge < -0.3 is 10.1 Å². The van der Waals surface area contributed by atoms with E-state index in [9.17, 15) is 18.4 Å². The predicted octanol–water partition coefficient (Wildman–Crippen LogP) is 3.13. The second-order valence-electron chi connectivity index (χ2n) is 4.16. The van der Waals surface area contributed by atoms with Crippen molar-refractivity contribution in [1.29, 1.82) is 0 Å². The highest BCUT2D eigenvalue weighted by molar-refractivity contribution is 7.13. The summed E-state index contributed by atoms with van der Waals surface area (Å²) >= 11 is 1.26. The van der Waals surface area contributed by atoms with Crippen molar-refractivity contribution >= 4 is 28.9 Å². The highest BCUT2D eigenvalue weighted by atomic mass is 32.1. The van der Waals surface area contributed by atoms with Gasteiger partial charge in [0.15, 0.2) is 18.2 Å². The zero-order valence-corrected chi connectivity index (χ0v) is 11.8. The fraction of sp³-hybridized carbons (Fsp3) is 0.143. The lowest BCUT2D eigenvalue weighted by Crippen LogP contribution is -2.20. The molecular formula is C14H11F2NO3S. The molecule has 0 aliphatic heterocycles. The number of ether oxygens (including phenoxy) is 1. The Bertz CT molecular complexity index is 685. The van der Waals surface area contributed by atoms with E-state index in [0.717, 1.165) is 17.0 Å². The van der Waals surface area contributed by atoms with Crippen LogP contribution < -0.4 is 5.32 Å². The number of benzene rings is 1. The van der Waals surface area contributed by atoms with Crippen molar-refractivity contribution in [2.24, 2.45) is 0 Å². The molecule has 1 N–H and O–H groups in total. The Hall–Kier alpha value is -2.28. The number of halogens is 2. The van der Waals surface area contributed by atoms with E-state index in [-0.39, 0.29) is 5.69 Å². The van der Waals surface area contributed by atoms with E-state index in [1.807, 2.05) is 6.92 Å². The summed E-state index contributed by atoms with van der Waals surface area (Å²) in [5.41, 5.74) is 0.0851. The Morgan fingerprint density at radius 1 is 1.19 bits per heavy atom.